The molecule has 0 aliphatic rings. The van der Waals surface area contributed by atoms with Crippen LogP contribution in [0.2, 0.25) is 5.02 Å². The third-order valence-corrected chi connectivity index (χ3v) is 2.00. The van der Waals surface area contributed by atoms with Crippen molar-refractivity contribution in [3.05, 3.63) is 47.3 Å². The molecule has 0 spiro atoms. The van der Waals surface area contributed by atoms with E-state index in [2.05, 4.69) is 10.3 Å². The van der Waals surface area contributed by atoms with Gasteiger partial charge in [0.1, 0.15) is 6.26 Å². The first-order valence-electron chi connectivity index (χ1n) is 4.22. The first-order chi connectivity index (χ1) is 6.84. The maximum atomic E-state index is 5.84. The van der Waals surface area contributed by atoms with Crippen LogP contribution in [0.5, 0.6) is 0 Å². The summed E-state index contributed by atoms with van der Waals surface area (Å²) in [5, 5.41) is 3.76. The summed E-state index contributed by atoms with van der Waals surface area (Å²) in [6, 6.07) is 8.16. The van der Waals surface area contributed by atoms with Gasteiger partial charge in [0.15, 0.2) is 0 Å². The highest BCUT2D eigenvalue weighted by Crippen LogP contribution is 2.12. The highest BCUT2D eigenvalue weighted by Gasteiger charge is 1.97. The lowest BCUT2D eigenvalue weighted by molar-refractivity contribution is 0.571. The Balaban J connectivity index is 0.00000112. The first kappa shape index (κ1) is 15.1. The van der Waals surface area contributed by atoms with Crippen LogP contribution in [-0.2, 0) is 6.54 Å². The maximum absolute atomic E-state index is 5.84. The Morgan fingerprint density at radius 1 is 1.31 bits per heavy atom. The van der Waals surface area contributed by atoms with Crippen molar-refractivity contribution >= 4 is 42.4 Å². The number of rotatable bonds is 3. The van der Waals surface area contributed by atoms with Crippen molar-refractivity contribution in [1.82, 2.24) is 4.98 Å². The molecular formula is C10H11Cl3N2O. The molecular weight excluding hydrogens is 270 g/mol. The molecule has 0 radical (unpaired) electrons. The number of hydrogen-bond acceptors (Lipinski definition) is 3. The van der Waals surface area contributed by atoms with Gasteiger partial charge in [0.25, 0.3) is 6.01 Å². The lowest BCUT2D eigenvalue weighted by Crippen LogP contribution is -1.98. The fourth-order valence-corrected chi connectivity index (χ4v) is 1.35. The molecule has 0 amide bonds. The molecule has 1 N–H and O–H groups in total. The highest BCUT2D eigenvalue weighted by molar-refractivity contribution is 6.30. The van der Waals surface area contributed by atoms with Gasteiger partial charge in [-0.2, -0.15) is 0 Å². The largest absolute Gasteiger partial charge is 0.432 e. The highest BCUT2D eigenvalue weighted by atomic mass is 35.5. The SMILES string of the molecule is Cl.Cl.Clc1cccc(CNc2ncco2)c1. The third-order valence-electron chi connectivity index (χ3n) is 1.77. The van der Waals surface area contributed by atoms with Gasteiger partial charge in [0.05, 0.1) is 6.20 Å². The lowest BCUT2D eigenvalue weighted by atomic mass is 10.2. The Bertz CT molecular complexity index is 406. The van der Waals surface area contributed by atoms with E-state index in [1.54, 1.807) is 6.20 Å². The van der Waals surface area contributed by atoms with Crippen molar-refractivity contribution in [1.29, 1.82) is 0 Å². The molecule has 1 aromatic heterocycles. The Morgan fingerprint density at radius 2 is 2.12 bits per heavy atom. The Morgan fingerprint density at radius 3 is 2.75 bits per heavy atom. The molecule has 88 valence electrons. The minimum absolute atomic E-state index is 0. The summed E-state index contributed by atoms with van der Waals surface area (Å²) in [7, 11) is 0. The number of nitrogens with one attached hydrogen (secondary N) is 1. The summed E-state index contributed by atoms with van der Waals surface area (Å²) in [6.45, 7) is 0.654. The minimum atomic E-state index is 0. The molecule has 0 fully saturated rings. The fraction of sp³-hybridized carbons (Fsp3) is 0.100. The van der Waals surface area contributed by atoms with E-state index in [9.17, 15) is 0 Å². The van der Waals surface area contributed by atoms with E-state index in [1.165, 1.54) is 6.26 Å². The standard InChI is InChI=1S/C10H9ClN2O.2ClH/c11-9-3-1-2-8(6-9)7-13-10-12-4-5-14-10;;/h1-6H,7H2,(H,12,13);2*1H. The monoisotopic (exact) mass is 280 g/mol. The van der Waals surface area contributed by atoms with Gasteiger partial charge >= 0.3 is 0 Å². The van der Waals surface area contributed by atoms with E-state index < -0.39 is 0 Å². The van der Waals surface area contributed by atoms with Crippen LogP contribution < -0.4 is 5.32 Å². The van der Waals surface area contributed by atoms with Crippen LogP contribution in [0.3, 0.4) is 0 Å². The molecule has 0 atom stereocenters. The second kappa shape index (κ2) is 7.39. The normalized spacial score (nSPS) is 8.81. The van der Waals surface area contributed by atoms with Crippen LogP contribution in [0.15, 0.2) is 41.1 Å². The first-order valence-corrected chi connectivity index (χ1v) is 4.60. The summed E-state index contributed by atoms with van der Waals surface area (Å²) in [5.74, 6) is 0. The van der Waals surface area contributed by atoms with Gasteiger partial charge in [0, 0.05) is 11.6 Å². The van der Waals surface area contributed by atoms with Crippen molar-refractivity contribution < 1.29 is 4.42 Å². The molecule has 0 bridgehead atoms. The van der Waals surface area contributed by atoms with E-state index in [0.29, 0.717) is 12.6 Å². The molecule has 16 heavy (non-hydrogen) atoms. The van der Waals surface area contributed by atoms with E-state index >= 15 is 0 Å². The maximum Gasteiger partial charge on any atom is 0.294 e. The lowest BCUT2D eigenvalue weighted by Gasteiger charge is -2.01. The average Bonchev–Trinajstić information content (AvgIpc) is 2.67. The van der Waals surface area contributed by atoms with Gasteiger partial charge in [-0.3, -0.25) is 0 Å². The molecule has 0 saturated heterocycles. The number of benzene rings is 1. The number of halogens is 3. The molecule has 0 unspecified atom stereocenters. The smallest absolute Gasteiger partial charge is 0.294 e. The van der Waals surface area contributed by atoms with E-state index in [0.717, 1.165) is 10.6 Å². The van der Waals surface area contributed by atoms with Crippen LogP contribution in [0, 0.1) is 0 Å². The van der Waals surface area contributed by atoms with Gasteiger partial charge in [-0.25, -0.2) is 4.98 Å². The summed E-state index contributed by atoms with van der Waals surface area (Å²) >= 11 is 5.84. The van der Waals surface area contributed by atoms with Gasteiger partial charge < -0.3 is 9.73 Å². The third kappa shape index (κ3) is 4.31. The number of aromatic nitrogens is 1. The minimum Gasteiger partial charge on any atom is -0.432 e. The summed E-state index contributed by atoms with van der Waals surface area (Å²) < 4.78 is 5.03. The Labute approximate surface area is 111 Å². The van der Waals surface area contributed by atoms with Gasteiger partial charge in [-0.15, -0.1) is 24.8 Å². The van der Waals surface area contributed by atoms with Crippen molar-refractivity contribution in [2.45, 2.75) is 6.54 Å². The second-order valence-electron chi connectivity index (χ2n) is 2.82. The molecule has 0 aliphatic carbocycles. The molecule has 0 saturated carbocycles. The van der Waals surface area contributed by atoms with Crippen LogP contribution >= 0.6 is 36.4 Å². The molecule has 2 aromatic rings. The zero-order valence-electron chi connectivity index (χ0n) is 8.22. The van der Waals surface area contributed by atoms with Crippen molar-refractivity contribution in [2.75, 3.05) is 5.32 Å². The Kier molecular flexibility index (Phi) is 6.97. The zero-order chi connectivity index (χ0) is 9.80. The van der Waals surface area contributed by atoms with Crippen LogP contribution in [0.1, 0.15) is 5.56 Å². The van der Waals surface area contributed by atoms with Gasteiger partial charge in [-0.1, -0.05) is 23.7 Å². The quantitative estimate of drug-likeness (QED) is 0.930. The second-order valence-corrected chi connectivity index (χ2v) is 3.26. The predicted octanol–water partition coefficient (Wildman–Crippen LogP) is 3.78. The van der Waals surface area contributed by atoms with E-state index in [-0.39, 0.29) is 24.8 Å². The number of oxazole rings is 1. The van der Waals surface area contributed by atoms with Crippen LogP contribution in [-0.4, -0.2) is 4.98 Å². The number of nitrogens with zero attached hydrogens (tertiary/aromatic N) is 1. The fourth-order valence-electron chi connectivity index (χ4n) is 1.14. The molecule has 2 rings (SSSR count). The summed E-state index contributed by atoms with van der Waals surface area (Å²) in [4.78, 5) is 3.94. The van der Waals surface area contributed by atoms with Crippen LogP contribution in [0.25, 0.3) is 0 Å². The van der Waals surface area contributed by atoms with Gasteiger partial charge in [-0.05, 0) is 17.7 Å². The van der Waals surface area contributed by atoms with E-state index in [1.807, 2.05) is 24.3 Å². The summed E-state index contributed by atoms with van der Waals surface area (Å²) in [6.07, 6.45) is 3.13. The number of anilines is 1. The molecule has 6 heteroatoms. The summed E-state index contributed by atoms with van der Waals surface area (Å²) in [5.41, 5.74) is 1.09. The molecule has 0 aliphatic heterocycles. The predicted molar refractivity (Wildman–Crippen MR) is 69.8 cm³/mol. The zero-order valence-corrected chi connectivity index (χ0v) is 10.6. The van der Waals surface area contributed by atoms with Crippen LogP contribution in [0.4, 0.5) is 6.01 Å². The molecule has 1 heterocycles. The van der Waals surface area contributed by atoms with Crippen molar-refractivity contribution in [3.8, 4) is 0 Å². The molecule has 3 nitrogen and oxygen atoms in total. The average molecular weight is 282 g/mol. The van der Waals surface area contributed by atoms with Gasteiger partial charge in [0.2, 0.25) is 0 Å². The van der Waals surface area contributed by atoms with Crippen molar-refractivity contribution in [3.63, 3.8) is 0 Å². The number of hydrogen-bond donors (Lipinski definition) is 1. The topological polar surface area (TPSA) is 38.1 Å². The Hall–Kier alpha value is -0.900. The van der Waals surface area contributed by atoms with E-state index in [4.69, 9.17) is 16.0 Å². The van der Waals surface area contributed by atoms with Crippen molar-refractivity contribution in [2.24, 2.45) is 0 Å². The molecule has 1 aromatic carbocycles.